The van der Waals surface area contributed by atoms with Gasteiger partial charge >= 0.3 is 0 Å². The van der Waals surface area contributed by atoms with Crippen LogP contribution in [0.4, 0.5) is 5.13 Å². The normalized spacial score (nSPS) is 15.0. The smallest absolute Gasteiger partial charge is 0.233 e. The van der Waals surface area contributed by atoms with Crippen molar-refractivity contribution in [2.75, 3.05) is 56.3 Å². The van der Waals surface area contributed by atoms with Gasteiger partial charge in [-0.05, 0) is 41.6 Å². The van der Waals surface area contributed by atoms with E-state index < -0.39 is 9.84 Å². The van der Waals surface area contributed by atoms with E-state index in [1.165, 1.54) is 22.5 Å². The number of hydrogen-bond donors (Lipinski definition) is 0. The van der Waals surface area contributed by atoms with Crippen molar-refractivity contribution >= 4 is 54.2 Å². The van der Waals surface area contributed by atoms with Crippen LogP contribution >= 0.6 is 23.1 Å². The van der Waals surface area contributed by atoms with Gasteiger partial charge in [0.05, 0.1) is 34.7 Å². The maximum Gasteiger partial charge on any atom is 0.233 e. The molecule has 10 heteroatoms. The molecular weight excluding hydrogens is 490 g/mol. The highest BCUT2D eigenvalue weighted by molar-refractivity contribution is 7.99. The molecule has 0 atom stereocenters. The van der Waals surface area contributed by atoms with Gasteiger partial charge in [-0.3, -0.25) is 14.6 Å². The maximum absolute atomic E-state index is 13.4. The largest absolute Gasteiger partial charge is 0.379 e. The maximum atomic E-state index is 13.4. The second-order valence-electron chi connectivity index (χ2n) is 8.15. The Morgan fingerprint density at radius 3 is 2.59 bits per heavy atom. The van der Waals surface area contributed by atoms with Crippen LogP contribution < -0.4 is 4.90 Å². The third-order valence-corrected chi connectivity index (χ3v) is 8.69. The van der Waals surface area contributed by atoms with Crippen LogP contribution in [-0.4, -0.2) is 75.6 Å². The summed E-state index contributed by atoms with van der Waals surface area (Å²) in [5.74, 6) is 0.984. The number of thiazole rings is 1. The number of anilines is 1. The van der Waals surface area contributed by atoms with Crippen LogP contribution in [-0.2, 0) is 25.8 Å². The Balaban J connectivity index is 1.58. The van der Waals surface area contributed by atoms with Gasteiger partial charge in [-0.15, -0.1) is 11.8 Å². The molecule has 1 fully saturated rings. The van der Waals surface area contributed by atoms with Crippen LogP contribution in [0.5, 0.6) is 0 Å². The number of aromatic nitrogens is 1. The molecular formula is C24H29N3O4S3. The summed E-state index contributed by atoms with van der Waals surface area (Å²) in [6.07, 6.45) is 1.48. The van der Waals surface area contributed by atoms with E-state index in [1.54, 1.807) is 34.9 Å². The van der Waals surface area contributed by atoms with Crippen LogP contribution in [0.1, 0.15) is 12.5 Å². The lowest BCUT2D eigenvalue weighted by Gasteiger charge is -2.29. The molecule has 0 bridgehead atoms. The van der Waals surface area contributed by atoms with Crippen molar-refractivity contribution in [3.8, 4) is 0 Å². The van der Waals surface area contributed by atoms with Crippen molar-refractivity contribution in [1.82, 2.24) is 9.88 Å². The first kappa shape index (κ1) is 25.1. The Hall–Kier alpha value is -1.98. The minimum atomic E-state index is -3.32. The number of thioether (sulfide) groups is 1. The van der Waals surface area contributed by atoms with E-state index >= 15 is 0 Å². The van der Waals surface area contributed by atoms with Gasteiger partial charge in [0.1, 0.15) is 0 Å². The van der Waals surface area contributed by atoms with Crippen LogP contribution in [0, 0.1) is 0 Å². The van der Waals surface area contributed by atoms with Crippen LogP contribution in [0.25, 0.3) is 10.2 Å². The van der Waals surface area contributed by atoms with Crippen molar-refractivity contribution < 1.29 is 17.9 Å². The monoisotopic (exact) mass is 519 g/mol. The number of amides is 1. The van der Waals surface area contributed by atoms with Gasteiger partial charge in [0.2, 0.25) is 5.91 Å². The number of fused-ring (bicyclic) bond motifs is 1. The number of rotatable bonds is 9. The molecule has 0 saturated carbocycles. The van der Waals surface area contributed by atoms with Crippen LogP contribution in [0.3, 0.4) is 0 Å². The Morgan fingerprint density at radius 1 is 1.18 bits per heavy atom. The Labute approximate surface area is 209 Å². The molecule has 1 amide bonds. The summed E-state index contributed by atoms with van der Waals surface area (Å²) in [7, 11) is -3.32. The zero-order valence-electron chi connectivity index (χ0n) is 19.4. The number of carbonyl (C=O) groups excluding carboxylic acids is 1. The highest BCUT2D eigenvalue weighted by atomic mass is 32.2. The Morgan fingerprint density at radius 2 is 1.91 bits per heavy atom. The molecule has 0 radical (unpaired) electrons. The molecule has 34 heavy (non-hydrogen) atoms. The summed E-state index contributed by atoms with van der Waals surface area (Å²) in [6, 6.07) is 13.0. The van der Waals surface area contributed by atoms with Gasteiger partial charge in [0, 0.05) is 37.3 Å². The van der Waals surface area contributed by atoms with E-state index in [0.717, 1.165) is 35.7 Å². The molecule has 3 aromatic rings. The fourth-order valence-corrected chi connectivity index (χ4v) is 6.20. The molecule has 1 saturated heterocycles. The van der Waals surface area contributed by atoms with Gasteiger partial charge in [-0.25, -0.2) is 13.4 Å². The van der Waals surface area contributed by atoms with Crippen molar-refractivity contribution in [2.45, 2.75) is 23.1 Å². The summed E-state index contributed by atoms with van der Waals surface area (Å²) in [6.45, 7) is 6.45. The van der Waals surface area contributed by atoms with E-state index in [0.29, 0.717) is 30.4 Å². The third kappa shape index (κ3) is 6.37. The Bertz CT molecular complexity index is 1240. The van der Waals surface area contributed by atoms with Crippen LogP contribution in [0.15, 0.2) is 52.3 Å². The van der Waals surface area contributed by atoms with E-state index in [4.69, 9.17) is 4.74 Å². The SMILES string of the molecule is CCSc1ccc(CC(=O)N(CCN2CCOCC2)c2nc3ccc(S(C)(=O)=O)cc3s2)cc1. The first-order valence-electron chi connectivity index (χ1n) is 11.3. The number of morpholine rings is 1. The third-order valence-electron chi connectivity index (χ3n) is 5.64. The standard InChI is InChI=1S/C24H29N3O4S3/c1-3-32-19-6-4-18(5-7-19)16-23(28)27(11-10-26-12-14-31-15-13-26)24-25-21-9-8-20(34(2,29)30)17-22(21)33-24/h4-9,17H,3,10-16H2,1-2H3. The summed E-state index contributed by atoms with van der Waals surface area (Å²) >= 11 is 3.13. The van der Waals surface area contributed by atoms with Gasteiger partial charge in [-0.1, -0.05) is 30.4 Å². The predicted molar refractivity (Wildman–Crippen MR) is 139 cm³/mol. The lowest BCUT2D eigenvalue weighted by molar-refractivity contribution is -0.118. The highest BCUT2D eigenvalue weighted by Crippen LogP contribution is 2.31. The molecule has 1 aromatic heterocycles. The molecule has 0 N–H and O–H groups in total. The van der Waals surface area contributed by atoms with Crippen molar-refractivity contribution in [3.05, 3.63) is 48.0 Å². The minimum Gasteiger partial charge on any atom is -0.379 e. The molecule has 1 aliphatic heterocycles. The number of nitrogens with zero attached hydrogens (tertiary/aromatic N) is 3. The van der Waals surface area contributed by atoms with Crippen molar-refractivity contribution in [1.29, 1.82) is 0 Å². The first-order chi connectivity index (χ1) is 16.3. The van der Waals surface area contributed by atoms with Gasteiger partial charge in [0.25, 0.3) is 0 Å². The second kappa shape index (κ2) is 11.2. The molecule has 4 rings (SSSR count). The van der Waals surface area contributed by atoms with E-state index in [-0.39, 0.29) is 17.2 Å². The summed E-state index contributed by atoms with van der Waals surface area (Å²) in [5.41, 5.74) is 1.65. The molecule has 1 aliphatic rings. The quantitative estimate of drug-likeness (QED) is 0.399. The molecule has 7 nitrogen and oxygen atoms in total. The molecule has 0 unspecified atom stereocenters. The van der Waals surface area contributed by atoms with E-state index in [2.05, 4.69) is 28.9 Å². The van der Waals surface area contributed by atoms with Crippen molar-refractivity contribution in [2.24, 2.45) is 0 Å². The number of benzene rings is 2. The zero-order valence-corrected chi connectivity index (χ0v) is 21.8. The fourth-order valence-electron chi connectivity index (χ4n) is 3.77. The first-order valence-corrected chi connectivity index (χ1v) is 15.0. The second-order valence-corrected chi connectivity index (χ2v) is 12.5. The number of carbonyl (C=O) groups is 1. The highest BCUT2D eigenvalue weighted by Gasteiger charge is 2.22. The van der Waals surface area contributed by atoms with Gasteiger partial charge < -0.3 is 4.74 Å². The zero-order chi connectivity index (χ0) is 24.1. The van der Waals surface area contributed by atoms with Crippen molar-refractivity contribution in [3.63, 3.8) is 0 Å². The number of ether oxygens (including phenoxy) is 1. The number of sulfone groups is 1. The van der Waals surface area contributed by atoms with E-state index in [9.17, 15) is 13.2 Å². The average molecular weight is 520 g/mol. The minimum absolute atomic E-state index is 0.0217. The molecule has 0 aliphatic carbocycles. The van der Waals surface area contributed by atoms with Gasteiger partial charge in [0.15, 0.2) is 15.0 Å². The Kier molecular flexibility index (Phi) is 8.26. The molecule has 182 valence electrons. The summed E-state index contributed by atoms with van der Waals surface area (Å²) < 4.78 is 30.1. The molecule has 2 aromatic carbocycles. The lowest BCUT2D eigenvalue weighted by Crippen LogP contribution is -2.43. The predicted octanol–water partition coefficient (Wildman–Crippen LogP) is 3.72. The van der Waals surface area contributed by atoms with E-state index in [1.807, 2.05) is 12.1 Å². The summed E-state index contributed by atoms with van der Waals surface area (Å²) in [5, 5.41) is 0.595. The average Bonchev–Trinajstić information content (AvgIpc) is 3.24. The number of hydrogen-bond acceptors (Lipinski definition) is 8. The van der Waals surface area contributed by atoms with Gasteiger partial charge in [-0.2, -0.15) is 0 Å². The summed E-state index contributed by atoms with van der Waals surface area (Å²) in [4.78, 5) is 23.6. The lowest BCUT2D eigenvalue weighted by atomic mass is 10.1. The topological polar surface area (TPSA) is 79.8 Å². The van der Waals surface area contributed by atoms with Crippen LogP contribution in [0.2, 0.25) is 0 Å². The molecule has 0 spiro atoms. The molecule has 2 heterocycles. The fraction of sp³-hybridized carbons (Fsp3) is 0.417.